The summed E-state index contributed by atoms with van der Waals surface area (Å²) in [5.74, 6) is 0.853. The molecule has 3 nitrogen and oxygen atoms in total. The highest BCUT2D eigenvalue weighted by Gasteiger charge is 2.20. The van der Waals surface area contributed by atoms with E-state index in [1.165, 1.54) is 42.7 Å². The van der Waals surface area contributed by atoms with Crippen molar-refractivity contribution in [2.75, 3.05) is 33.7 Å². The van der Waals surface area contributed by atoms with Crippen LogP contribution < -0.4 is 5.32 Å². The molecule has 104 valence electrons. The Morgan fingerprint density at radius 1 is 1.32 bits per heavy atom. The van der Waals surface area contributed by atoms with Gasteiger partial charge in [0.2, 0.25) is 0 Å². The van der Waals surface area contributed by atoms with E-state index in [0.717, 1.165) is 25.6 Å². The molecule has 0 amide bonds. The first-order chi connectivity index (χ1) is 9.20. The van der Waals surface area contributed by atoms with Gasteiger partial charge in [-0.15, -0.1) is 0 Å². The number of likely N-dealkylation sites (tertiary alicyclic amines) is 1. The summed E-state index contributed by atoms with van der Waals surface area (Å²) in [7, 11) is 4.48. The van der Waals surface area contributed by atoms with Gasteiger partial charge in [0.1, 0.15) is 0 Å². The lowest BCUT2D eigenvalue weighted by Crippen LogP contribution is -2.27. The summed E-state index contributed by atoms with van der Waals surface area (Å²) in [5, 5.41) is 3.41. The van der Waals surface area contributed by atoms with Gasteiger partial charge in [-0.2, -0.15) is 0 Å². The molecule has 0 radical (unpaired) electrons. The fraction of sp³-hybridized carbons (Fsp3) is 0.625. The third-order valence-electron chi connectivity index (χ3n) is 4.41. The molecule has 0 bridgehead atoms. The van der Waals surface area contributed by atoms with Gasteiger partial charge in [0.05, 0.1) is 0 Å². The summed E-state index contributed by atoms with van der Waals surface area (Å²) in [6.45, 7) is 6.91. The highest BCUT2D eigenvalue weighted by Crippen LogP contribution is 2.19. The zero-order chi connectivity index (χ0) is 13.2. The van der Waals surface area contributed by atoms with Crippen LogP contribution in [0.2, 0.25) is 0 Å². The molecule has 1 atom stereocenters. The van der Waals surface area contributed by atoms with Gasteiger partial charge in [0.15, 0.2) is 0 Å². The lowest BCUT2D eigenvalue weighted by molar-refractivity contribution is 0.267. The average Bonchev–Trinajstić information content (AvgIpc) is 2.97. The van der Waals surface area contributed by atoms with Crippen molar-refractivity contribution in [1.82, 2.24) is 15.1 Å². The molecule has 1 N–H and O–H groups in total. The minimum Gasteiger partial charge on any atom is -0.309 e. The van der Waals surface area contributed by atoms with Crippen molar-refractivity contribution in [3.05, 3.63) is 34.9 Å². The van der Waals surface area contributed by atoms with Crippen LogP contribution in [0.5, 0.6) is 0 Å². The first kappa shape index (κ1) is 13.1. The van der Waals surface area contributed by atoms with E-state index in [-0.39, 0.29) is 0 Å². The van der Waals surface area contributed by atoms with Crippen LogP contribution in [-0.2, 0) is 19.6 Å². The van der Waals surface area contributed by atoms with Gasteiger partial charge in [-0.1, -0.05) is 18.2 Å². The highest BCUT2D eigenvalue weighted by molar-refractivity contribution is 5.34. The molecule has 1 aromatic rings. The predicted octanol–water partition coefficient (Wildman–Crippen LogP) is 1.67. The number of benzene rings is 1. The molecule has 1 unspecified atom stereocenters. The van der Waals surface area contributed by atoms with Gasteiger partial charge in [-0.25, -0.2) is 0 Å². The van der Waals surface area contributed by atoms with Crippen LogP contribution in [0.3, 0.4) is 0 Å². The second-order valence-corrected chi connectivity index (χ2v) is 6.32. The number of hydrogen-bond acceptors (Lipinski definition) is 3. The monoisotopic (exact) mass is 259 g/mol. The van der Waals surface area contributed by atoms with Gasteiger partial charge < -0.3 is 15.1 Å². The largest absolute Gasteiger partial charge is 0.309 e. The minimum absolute atomic E-state index is 0.853. The van der Waals surface area contributed by atoms with Crippen LogP contribution in [0.4, 0.5) is 0 Å². The third kappa shape index (κ3) is 3.16. The second-order valence-electron chi connectivity index (χ2n) is 6.32. The predicted molar refractivity (Wildman–Crippen MR) is 78.9 cm³/mol. The molecule has 1 fully saturated rings. The molecule has 3 heteroatoms. The fourth-order valence-corrected chi connectivity index (χ4v) is 3.44. The molecule has 0 saturated carbocycles. The highest BCUT2D eigenvalue weighted by atomic mass is 15.1. The van der Waals surface area contributed by atoms with Gasteiger partial charge in [-0.05, 0) is 49.7 Å². The normalized spacial score (nSPS) is 23.2. The number of fused-ring (bicyclic) bond motifs is 1. The van der Waals surface area contributed by atoms with Crippen molar-refractivity contribution >= 4 is 0 Å². The van der Waals surface area contributed by atoms with Crippen LogP contribution >= 0.6 is 0 Å². The molecular weight excluding hydrogens is 234 g/mol. The molecule has 19 heavy (non-hydrogen) atoms. The van der Waals surface area contributed by atoms with Crippen molar-refractivity contribution < 1.29 is 0 Å². The maximum atomic E-state index is 3.41. The van der Waals surface area contributed by atoms with E-state index in [0.29, 0.717) is 0 Å². The van der Waals surface area contributed by atoms with Crippen LogP contribution in [0.25, 0.3) is 0 Å². The van der Waals surface area contributed by atoms with Crippen LogP contribution in [0.1, 0.15) is 23.1 Å². The maximum absolute atomic E-state index is 3.41. The first-order valence-electron chi connectivity index (χ1n) is 7.39. The summed E-state index contributed by atoms with van der Waals surface area (Å²) in [6.07, 6.45) is 1.36. The average molecular weight is 259 g/mol. The molecule has 1 saturated heterocycles. The Balaban J connectivity index is 1.55. The second kappa shape index (κ2) is 5.61. The quantitative estimate of drug-likeness (QED) is 0.887. The Morgan fingerprint density at radius 3 is 2.95 bits per heavy atom. The first-order valence-corrected chi connectivity index (χ1v) is 7.39. The molecule has 0 spiro atoms. The molecular formula is C16H25N3. The number of nitrogens with zero attached hydrogens (tertiary/aromatic N) is 2. The fourth-order valence-electron chi connectivity index (χ4n) is 3.44. The van der Waals surface area contributed by atoms with Crippen molar-refractivity contribution in [3.8, 4) is 0 Å². The van der Waals surface area contributed by atoms with Crippen molar-refractivity contribution in [1.29, 1.82) is 0 Å². The summed E-state index contributed by atoms with van der Waals surface area (Å²) < 4.78 is 0. The molecule has 0 aliphatic carbocycles. The van der Waals surface area contributed by atoms with E-state index in [1.54, 1.807) is 0 Å². The van der Waals surface area contributed by atoms with E-state index >= 15 is 0 Å². The lowest BCUT2D eigenvalue weighted by atomic mass is 10.1. The van der Waals surface area contributed by atoms with Crippen LogP contribution in [-0.4, -0.2) is 43.5 Å². The number of hydrogen-bond donors (Lipinski definition) is 1. The Labute approximate surface area is 116 Å². The molecule has 2 aliphatic rings. The third-order valence-corrected chi connectivity index (χ3v) is 4.41. The Morgan fingerprint density at radius 2 is 2.16 bits per heavy atom. The van der Waals surface area contributed by atoms with Gasteiger partial charge >= 0.3 is 0 Å². The zero-order valence-electron chi connectivity index (χ0n) is 12.2. The number of nitrogens with one attached hydrogen (secondary N) is 1. The Kier molecular flexibility index (Phi) is 3.87. The summed E-state index contributed by atoms with van der Waals surface area (Å²) in [5.41, 5.74) is 4.42. The molecule has 1 aromatic carbocycles. The zero-order valence-corrected chi connectivity index (χ0v) is 12.2. The smallest absolute Gasteiger partial charge is 0.0230 e. The maximum Gasteiger partial charge on any atom is 0.0230 e. The van der Waals surface area contributed by atoms with Crippen molar-refractivity contribution in [2.24, 2.45) is 5.92 Å². The van der Waals surface area contributed by atoms with Crippen LogP contribution in [0.15, 0.2) is 18.2 Å². The standard InChI is InChI=1S/C16H25N3/c1-18-6-5-14(11-18)12-19(2)10-13-3-4-15-8-17-9-16(15)7-13/h3-4,7,14,17H,5-6,8-12H2,1-2H3. The Hall–Kier alpha value is -0.900. The Bertz CT molecular complexity index is 444. The minimum atomic E-state index is 0.853. The topological polar surface area (TPSA) is 18.5 Å². The molecule has 2 aliphatic heterocycles. The molecule has 0 aromatic heterocycles. The number of rotatable bonds is 4. The summed E-state index contributed by atoms with van der Waals surface area (Å²) in [6, 6.07) is 6.97. The van der Waals surface area contributed by atoms with E-state index in [9.17, 15) is 0 Å². The van der Waals surface area contributed by atoms with Gasteiger partial charge in [-0.3, -0.25) is 0 Å². The SMILES string of the molecule is CN1CCC(CN(C)Cc2ccc3c(c2)CNC3)C1. The van der Waals surface area contributed by atoms with Crippen LogP contribution in [0, 0.1) is 5.92 Å². The summed E-state index contributed by atoms with van der Waals surface area (Å²) in [4.78, 5) is 4.92. The van der Waals surface area contributed by atoms with E-state index in [2.05, 4.69) is 47.4 Å². The van der Waals surface area contributed by atoms with Crippen molar-refractivity contribution in [2.45, 2.75) is 26.1 Å². The molecule has 2 heterocycles. The van der Waals surface area contributed by atoms with E-state index in [4.69, 9.17) is 0 Å². The van der Waals surface area contributed by atoms with Crippen molar-refractivity contribution in [3.63, 3.8) is 0 Å². The lowest BCUT2D eigenvalue weighted by Gasteiger charge is -2.21. The van der Waals surface area contributed by atoms with Gasteiger partial charge in [0.25, 0.3) is 0 Å². The van der Waals surface area contributed by atoms with Gasteiger partial charge in [0, 0.05) is 32.7 Å². The molecule has 3 rings (SSSR count). The van der Waals surface area contributed by atoms with E-state index in [1.807, 2.05) is 0 Å². The van der Waals surface area contributed by atoms with E-state index < -0.39 is 0 Å². The summed E-state index contributed by atoms with van der Waals surface area (Å²) >= 11 is 0.